The summed E-state index contributed by atoms with van der Waals surface area (Å²) in [6, 6.07) is 19.2. The number of carbonyl (C=O) groups excluding carboxylic acids is 2. The second-order valence-corrected chi connectivity index (χ2v) is 10.5. The number of rotatable bonds is 9. The highest BCUT2D eigenvalue weighted by molar-refractivity contribution is 6.02. The van der Waals surface area contributed by atoms with Gasteiger partial charge < -0.3 is 19.7 Å². The fourth-order valence-electron chi connectivity index (χ4n) is 5.89. The summed E-state index contributed by atoms with van der Waals surface area (Å²) in [5.41, 5.74) is 2.43. The number of piperazine rings is 1. The van der Waals surface area contributed by atoms with Gasteiger partial charge in [-0.1, -0.05) is 48.5 Å². The monoisotopic (exact) mass is 560 g/mol. The third-order valence-electron chi connectivity index (χ3n) is 8.12. The number of ether oxygens (including phenoxy) is 2. The first-order valence-corrected chi connectivity index (χ1v) is 13.9. The second kappa shape index (κ2) is 12.7. The first kappa shape index (κ1) is 28.6. The van der Waals surface area contributed by atoms with Gasteiger partial charge in [0.25, 0.3) is 5.91 Å². The molecule has 2 amide bonds. The molecule has 2 heterocycles. The molecule has 0 aromatic heterocycles. The van der Waals surface area contributed by atoms with Crippen LogP contribution in [0.4, 0.5) is 4.39 Å². The average molecular weight is 561 g/mol. The molecule has 0 saturated carbocycles. The number of hydrogen-bond donors (Lipinski definition) is 1. The molecule has 2 aliphatic rings. The zero-order chi connectivity index (χ0) is 28.9. The molecule has 5 rings (SSSR count). The Kier molecular flexibility index (Phi) is 8.85. The molecule has 1 saturated heterocycles. The Morgan fingerprint density at radius 1 is 0.902 bits per heavy atom. The van der Waals surface area contributed by atoms with E-state index in [0.717, 1.165) is 32.7 Å². The van der Waals surface area contributed by atoms with Crippen LogP contribution in [-0.4, -0.2) is 87.0 Å². The van der Waals surface area contributed by atoms with Crippen molar-refractivity contribution in [2.45, 2.75) is 18.5 Å². The first-order chi connectivity index (χ1) is 19.9. The minimum atomic E-state index is -0.841. The normalized spacial score (nSPS) is 19.5. The van der Waals surface area contributed by atoms with E-state index in [9.17, 15) is 9.59 Å². The zero-order valence-corrected chi connectivity index (χ0v) is 23.8. The largest absolute Gasteiger partial charge is 0.493 e. The predicted molar refractivity (Wildman–Crippen MR) is 155 cm³/mol. The molecule has 0 aliphatic carbocycles. The molecule has 0 bridgehead atoms. The molecule has 0 radical (unpaired) electrons. The molecular weight excluding hydrogens is 523 g/mol. The number of benzene rings is 3. The maximum absolute atomic E-state index is 15.1. The van der Waals surface area contributed by atoms with E-state index in [2.05, 4.69) is 39.4 Å². The SMILES string of the molecule is COc1cc2c(cc1OC)[C@@H](C(=O)NCCN1CCN(Cc3ccccc3)CC1)[C@@H](c1ccccc1F)N(C)C2=O. The van der Waals surface area contributed by atoms with Crippen LogP contribution in [0.25, 0.3) is 0 Å². The summed E-state index contributed by atoms with van der Waals surface area (Å²) in [4.78, 5) is 33.6. The second-order valence-electron chi connectivity index (χ2n) is 10.5. The number of methoxy groups -OCH3 is 2. The van der Waals surface area contributed by atoms with Crippen LogP contribution in [-0.2, 0) is 11.3 Å². The maximum atomic E-state index is 15.1. The number of amides is 2. The van der Waals surface area contributed by atoms with Gasteiger partial charge in [-0.05, 0) is 29.3 Å². The highest BCUT2D eigenvalue weighted by Gasteiger charge is 2.44. The molecular formula is C32H37FN4O4. The van der Waals surface area contributed by atoms with Crippen LogP contribution < -0.4 is 14.8 Å². The minimum absolute atomic E-state index is 0.270. The molecule has 9 heteroatoms. The van der Waals surface area contributed by atoms with E-state index in [1.807, 2.05) is 6.07 Å². The van der Waals surface area contributed by atoms with Crippen LogP contribution in [0, 0.1) is 5.82 Å². The Labute approximate surface area is 240 Å². The molecule has 2 atom stereocenters. The Balaban J connectivity index is 1.31. The molecule has 3 aromatic carbocycles. The van der Waals surface area contributed by atoms with Crippen molar-refractivity contribution in [3.63, 3.8) is 0 Å². The lowest BCUT2D eigenvalue weighted by molar-refractivity contribution is -0.124. The fourth-order valence-corrected chi connectivity index (χ4v) is 5.89. The predicted octanol–water partition coefficient (Wildman–Crippen LogP) is 3.69. The lowest BCUT2D eigenvalue weighted by Crippen LogP contribution is -2.49. The number of nitrogens with zero attached hydrogens (tertiary/aromatic N) is 3. The summed E-state index contributed by atoms with van der Waals surface area (Å²) < 4.78 is 26.0. The van der Waals surface area contributed by atoms with Crippen LogP contribution in [0.15, 0.2) is 66.7 Å². The van der Waals surface area contributed by atoms with Crippen molar-refractivity contribution in [1.82, 2.24) is 20.0 Å². The molecule has 3 aromatic rings. The third-order valence-corrected chi connectivity index (χ3v) is 8.12. The van der Waals surface area contributed by atoms with Crippen molar-refractivity contribution in [2.24, 2.45) is 0 Å². The molecule has 41 heavy (non-hydrogen) atoms. The zero-order valence-electron chi connectivity index (χ0n) is 23.8. The lowest BCUT2D eigenvalue weighted by atomic mass is 9.79. The average Bonchev–Trinajstić information content (AvgIpc) is 3.00. The Morgan fingerprint density at radius 3 is 2.22 bits per heavy atom. The van der Waals surface area contributed by atoms with Crippen LogP contribution in [0.2, 0.25) is 0 Å². The van der Waals surface area contributed by atoms with Gasteiger partial charge in [-0.15, -0.1) is 0 Å². The summed E-state index contributed by atoms with van der Waals surface area (Å²) in [6.45, 7) is 5.84. The molecule has 0 spiro atoms. The smallest absolute Gasteiger partial charge is 0.254 e. The molecule has 2 aliphatic heterocycles. The van der Waals surface area contributed by atoms with Crippen molar-refractivity contribution in [3.8, 4) is 11.5 Å². The number of fused-ring (bicyclic) bond motifs is 1. The number of nitrogens with one attached hydrogen (secondary N) is 1. The van der Waals surface area contributed by atoms with Crippen molar-refractivity contribution < 1.29 is 23.5 Å². The van der Waals surface area contributed by atoms with E-state index in [1.54, 1.807) is 37.4 Å². The van der Waals surface area contributed by atoms with Gasteiger partial charge in [0, 0.05) is 64.0 Å². The van der Waals surface area contributed by atoms with Crippen molar-refractivity contribution >= 4 is 11.8 Å². The summed E-state index contributed by atoms with van der Waals surface area (Å²) in [5.74, 6) is -1.09. The van der Waals surface area contributed by atoms with E-state index in [-0.39, 0.29) is 11.8 Å². The van der Waals surface area contributed by atoms with E-state index >= 15 is 4.39 Å². The topological polar surface area (TPSA) is 74.4 Å². The summed E-state index contributed by atoms with van der Waals surface area (Å²) in [6.07, 6.45) is 0. The fraction of sp³-hybridized carbons (Fsp3) is 0.375. The molecule has 216 valence electrons. The van der Waals surface area contributed by atoms with Crippen LogP contribution in [0.1, 0.15) is 39.0 Å². The van der Waals surface area contributed by atoms with Crippen LogP contribution in [0.5, 0.6) is 11.5 Å². The highest BCUT2D eigenvalue weighted by Crippen LogP contribution is 2.46. The molecule has 0 unspecified atom stereocenters. The van der Waals surface area contributed by atoms with Gasteiger partial charge in [-0.2, -0.15) is 0 Å². The van der Waals surface area contributed by atoms with Gasteiger partial charge in [0.15, 0.2) is 11.5 Å². The van der Waals surface area contributed by atoms with E-state index < -0.39 is 17.8 Å². The van der Waals surface area contributed by atoms with Crippen molar-refractivity contribution in [1.29, 1.82) is 0 Å². The Bertz CT molecular complexity index is 1380. The van der Waals surface area contributed by atoms with Crippen molar-refractivity contribution in [3.05, 3.63) is 94.8 Å². The quantitative estimate of drug-likeness (QED) is 0.431. The summed E-state index contributed by atoms with van der Waals surface area (Å²) in [7, 11) is 4.60. The van der Waals surface area contributed by atoms with Crippen LogP contribution in [0.3, 0.4) is 0 Å². The lowest BCUT2D eigenvalue weighted by Gasteiger charge is -2.40. The summed E-state index contributed by atoms with van der Waals surface area (Å²) in [5, 5.41) is 3.09. The maximum Gasteiger partial charge on any atom is 0.254 e. The van der Waals surface area contributed by atoms with Crippen molar-refractivity contribution in [2.75, 3.05) is 60.5 Å². The highest BCUT2D eigenvalue weighted by atomic mass is 19.1. The van der Waals surface area contributed by atoms with E-state index in [1.165, 1.54) is 30.7 Å². The number of hydrogen-bond acceptors (Lipinski definition) is 6. The number of halogens is 1. The Morgan fingerprint density at radius 2 is 1.54 bits per heavy atom. The third kappa shape index (κ3) is 6.06. The van der Waals surface area contributed by atoms with Gasteiger partial charge in [-0.3, -0.25) is 19.4 Å². The molecule has 1 N–H and O–H groups in total. The van der Waals surface area contributed by atoms with Crippen LogP contribution >= 0.6 is 0 Å². The van der Waals surface area contributed by atoms with E-state index in [4.69, 9.17) is 9.47 Å². The minimum Gasteiger partial charge on any atom is -0.493 e. The number of carbonyl (C=O) groups is 2. The first-order valence-electron chi connectivity index (χ1n) is 13.9. The standard InChI is InChI=1S/C32H37FN4O4/c1-35-30(23-11-7-8-12-26(23)33)29(24-19-27(40-2)28(41-3)20-25(24)32(35)39)31(38)34-13-14-36-15-17-37(18-16-36)21-22-9-5-4-6-10-22/h4-12,19-20,29-30H,13-18,21H2,1-3H3,(H,34,38)/t29-,30-/m1/s1. The summed E-state index contributed by atoms with van der Waals surface area (Å²) >= 11 is 0. The van der Waals surface area contributed by atoms with Gasteiger partial charge in [0.05, 0.1) is 26.2 Å². The van der Waals surface area contributed by atoms with E-state index in [0.29, 0.717) is 41.3 Å². The number of likely N-dealkylation sites (N-methyl/N-ethyl adjacent to an activating group) is 1. The van der Waals surface area contributed by atoms with Gasteiger partial charge in [0.1, 0.15) is 5.82 Å². The van der Waals surface area contributed by atoms with Gasteiger partial charge in [-0.25, -0.2) is 4.39 Å². The van der Waals surface area contributed by atoms with Gasteiger partial charge >= 0.3 is 0 Å². The van der Waals surface area contributed by atoms with Gasteiger partial charge in [0.2, 0.25) is 5.91 Å². The molecule has 1 fully saturated rings. The molecule has 8 nitrogen and oxygen atoms in total. The Hall–Kier alpha value is -3.95.